The van der Waals surface area contributed by atoms with Gasteiger partial charge in [0, 0.05) is 44.3 Å². The van der Waals surface area contributed by atoms with Crippen molar-refractivity contribution in [2.24, 2.45) is 10.4 Å². The van der Waals surface area contributed by atoms with Crippen LogP contribution in [0.15, 0.2) is 17.1 Å². The fourth-order valence-corrected chi connectivity index (χ4v) is 3.28. The van der Waals surface area contributed by atoms with E-state index in [0.717, 1.165) is 18.6 Å². The molecule has 27 heavy (non-hydrogen) atoms. The van der Waals surface area contributed by atoms with E-state index in [1.165, 1.54) is 0 Å². The molecule has 2 rings (SSSR count). The molecule has 3 N–H and O–H groups in total. The minimum absolute atomic E-state index is 0.0482. The second-order valence-corrected chi connectivity index (χ2v) is 6.55. The Bertz CT molecular complexity index is 630. The van der Waals surface area contributed by atoms with E-state index >= 15 is 0 Å². The lowest BCUT2D eigenvalue weighted by Crippen LogP contribution is -2.44. The van der Waals surface area contributed by atoms with Gasteiger partial charge in [0.25, 0.3) is 0 Å². The van der Waals surface area contributed by atoms with Crippen LogP contribution < -0.4 is 24.8 Å². The van der Waals surface area contributed by atoms with Crippen molar-refractivity contribution in [2.75, 3.05) is 54.7 Å². The molecule has 1 atom stereocenters. The van der Waals surface area contributed by atoms with E-state index in [1.807, 2.05) is 12.1 Å². The predicted molar refractivity (Wildman–Crippen MR) is 104 cm³/mol. The summed E-state index contributed by atoms with van der Waals surface area (Å²) in [4.78, 5) is 4.28. The Kier molecular flexibility index (Phi) is 7.99. The third-order valence-electron chi connectivity index (χ3n) is 4.91. The van der Waals surface area contributed by atoms with Crippen LogP contribution in [0.1, 0.15) is 18.4 Å². The highest BCUT2D eigenvalue weighted by atomic mass is 16.5. The minimum Gasteiger partial charge on any atom is -0.493 e. The first-order valence-electron chi connectivity index (χ1n) is 9.04. The fraction of sp³-hybridized carbons (Fsp3) is 0.632. The molecule has 152 valence electrons. The quantitative estimate of drug-likeness (QED) is 0.437. The summed E-state index contributed by atoms with van der Waals surface area (Å²) in [5, 5.41) is 16.0. The van der Waals surface area contributed by atoms with Crippen LogP contribution in [0, 0.1) is 5.41 Å². The topological polar surface area (TPSA) is 93.6 Å². The van der Waals surface area contributed by atoms with E-state index in [2.05, 4.69) is 15.6 Å². The Balaban J connectivity index is 2.02. The normalized spacial score (nSPS) is 19.7. The van der Waals surface area contributed by atoms with Crippen molar-refractivity contribution in [3.05, 3.63) is 17.7 Å². The lowest BCUT2D eigenvalue weighted by Gasteiger charge is -2.27. The van der Waals surface area contributed by atoms with Gasteiger partial charge in [0.05, 0.1) is 27.9 Å². The number of hydrogen-bond donors (Lipinski definition) is 3. The third-order valence-corrected chi connectivity index (χ3v) is 4.91. The van der Waals surface area contributed by atoms with Gasteiger partial charge in [-0.05, 0) is 25.0 Å². The van der Waals surface area contributed by atoms with Crippen molar-refractivity contribution in [3.63, 3.8) is 0 Å². The predicted octanol–water partition coefficient (Wildman–Crippen LogP) is 1.17. The van der Waals surface area contributed by atoms with Crippen LogP contribution >= 0.6 is 0 Å². The molecule has 1 aromatic rings. The molecular formula is C19H31N3O5. The van der Waals surface area contributed by atoms with Crippen molar-refractivity contribution in [3.8, 4) is 17.2 Å². The van der Waals surface area contributed by atoms with Crippen molar-refractivity contribution >= 4 is 5.96 Å². The van der Waals surface area contributed by atoms with Crippen LogP contribution in [0.4, 0.5) is 0 Å². The molecular weight excluding hydrogens is 350 g/mol. The summed E-state index contributed by atoms with van der Waals surface area (Å²) in [5.74, 6) is 2.48. The zero-order valence-electron chi connectivity index (χ0n) is 16.6. The summed E-state index contributed by atoms with van der Waals surface area (Å²) in [5.41, 5.74) is 0.875. The molecule has 8 heteroatoms. The molecule has 0 radical (unpaired) electrons. The molecule has 1 aliphatic heterocycles. The average molecular weight is 381 g/mol. The summed E-state index contributed by atoms with van der Waals surface area (Å²) < 4.78 is 21.8. The number of nitrogens with one attached hydrogen (secondary N) is 2. The maximum atomic E-state index is 9.35. The van der Waals surface area contributed by atoms with E-state index < -0.39 is 0 Å². The van der Waals surface area contributed by atoms with Gasteiger partial charge in [-0.15, -0.1) is 0 Å². The van der Waals surface area contributed by atoms with Gasteiger partial charge < -0.3 is 34.7 Å². The van der Waals surface area contributed by atoms with E-state index in [1.54, 1.807) is 28.4 Å². The number of aliphatic hydroxyl groups excluding tert-OH is 1. The molecule has 0 aliphatic carbocycles. The molecule has 1 saturated heterocycles. The van der Waals surface area contributed by atoms with E-state index in [9.17, 15) is 5.11 Å². The second-order valence-electron chi connectivity index (χ2n) is 6.55. The van der Waals surface area contributed by atoms with Gasteiger partial charge in [0.1, 0.15) is 0 Å². The van der Waals surface area contributed by atoms with Crippen molar-refractivity contribution in [1.29, 1.82) is 0 Å². The van der Waals surface area contributed by atoms with E-state index in [-0.39, 0.29) is 12.0 Å². The van der Waals surface area contributed by atoms with Gasteiger partial charge in [0.2, 0.25) is 5.75 Å². The van der Waals surface area contributed by atoms with Crippen molar-refractivity contribution in [2.45, 2.75) is 19.4 Å². The van der Waals surface area contributed by atoms with Crippen molar-refractivity contribution in [1.82, 2.24) is 10.6 Å². The van der Waals surface area contributed by atoms with Gasteiger partial charge in [-0.2, -0.15) is 0 Å². The van der Waals surface area contributed by atoms with Crippen LogP contribution in [-0.2, 0) is 11.3 Å². The van der Waals surface area contributed by atoms with E-state index in [4.69, 9.17) is 18.9 Å². The molecule has 0 spiro atoms. The lowest BCUT2D eigenvalue weighted by atomic mass is 9.84. The summed E-state index contributed by atoms with van der Waals surface area (Å²) in [7, 11) is 6.51. The van der Waals surface area contributed by atoms with Crippen LogP contribution in [0.2, 0.25) is 0 Å². The highest BCUT2D eigenvalue weighted by Gasteiger charge is 2.34. The first kappa shape index (κ1) is 21.1. The molecule has 1 aromatic carbocycles. The standard InChI is InChI=1S/C19H31N3O5/c1-20-18(22-12-19(7-9-23)8-10-27-13-19)21-11-14-5-6-15(24-2)17(26-4)16(14)25-3/h5-6,23H,7-13H2,1-4H3,(H2,20,21,22). The number of aliphatic imine (C=N–C) groups is 1. The molecule has 0 saturated carbocycles. The van der Waals surface area contributed by atoms with Gasteiger partial charge >= 0.3 is 0 Å². The van der Waals surface area contributed by atoms with Gasteiger partial charge in [-0.3, -0.25) is 4.99 Å². The zero-order valence-corrected chi connectivity index (χ0v) is 16.6. The van der Waals surface area contributed by atoms with Gasteiger partial charge in [0.15, 0.2) is 17.5 Å². The monoisotopic (exact) mass is 381 g/mol. The first-order valence-corrected chi connectivity index (χ1v) is 9.04. The average Bonchev–Trinajstić information content (AvgIpc) is 3.16. The molecule has 0 aromatic heterocycles. The number of methoxy groups -OCH3 is 3. The summed E-state index contributed by atoms with van der Waals surface area (Å²) in [6.45, 7) is 2.74. The molecule has 8 nitrogen and oxygen atoms in total. The first-order chi connectivity index (χ1) is 13.1. The highest BCUT2D eigenvalue weighted by molar-refractivity contribution is 5.79. The maximum absolute atomic E-state index is 9.35. The molecule has 0 amide bonds. The van der Waals surface area contributed by atoms with E-state index in [0.29, 0.717) is 49.3 Å². The Morgan fingerprint density at radius 3 is 2.52 bits per heavy atom. The summed E-state index contributed by atoms with van der Waals surface area (Å²) in [6.07, 6.45) is 1.64. The minimum atomic E-state index is -0.0482. The Labute approximate surface area is 160 Å². The number of guanidine groups is 1. The smallest absolute Gasteiger partial charge is 0.203 e. The molecule has 1 heterocycles. The number of hydrogen-bond acceptors (Lipinski definition) is 6. The molecule has 1 aliphatic rings. The fourth-order valence-electron chi connectivity index (χ4n) is 3.28. The van der Waals surface area contributed by atoms with Gasteiger partial charge in [-0.1, -0.05) is 0 Å². The largest absolute Gasteiger partial charge is 0.493 e. The third kappa shape index (κ3) is 5.17. The second kappa shape index (κ2) is 10.2. The highest BCUT2D eigenvalue weighted by Crippen LogP contribution is 2.39. The summed E-state index contributed by atoms with van der Waals surface area (Å²) >= 11 is 0. The maximum Gasteiger partial charge on any atom is 0.203 e. The van der Waals surface area contributed by atoms with Crippen LogP contribution in [-0.4, -0.2) is 65.8 Å². The molecule has 0 bridgehead atoms. The number of nitrogens with zero attached hydrogens (tertiary/aromatic N) is 1. The Hall–Kier alpha value is -2.19. The van der Waals surface area contributed by atoms with Gasteiger partial charge in [-0.25, -0.2) is 0 Å². The summed E-state index contributed by atoms with van der Waals surface area (Å²) in [6, 6.07) is 3.78. The van der Waals surface area contributed by atoms with Crippen LogP contribution in [0.3, 0.4) is 0 Å². The molecule has 1 unspecified atom stereocenters. The number of rotatable bonds is 9. The molecule has 1 fully saturated rings. The lowest BCUT2D eigenvalue weighted by molar-refractivity contribution is 0.127. The zero-order chi connectivity index (χ0) is 19.7. The Morgan fingerprint density at radius 2 is 1.96 bits per heavy atom. The van der Waals surface area contributed by atoms with Crippen molar-refractivity contribution < 1.29 is 24.1 Å². The van der Waals surface area contributed by atoms with Crippen LogP contribution in [0.5, 0.6) is 17.2 Å². The number of benzene rings is 1. The van der Waals surface area contributed by atoms with Crippen LogP contribution in [0.25, 0.3) is 0 Å². The Morgan fingerprint density at radius 1 is 1.19 bits per heavy atom. The number of aliphatic hydroxyl groups is 1. The number of ether oxygens (including phenoxy) is 4. The SMILES string of the molecule is CN=C(NCc1ccc(OC)c(OC)c1OC)NCC1(CCO)CCOC1.